The lowest BCUT2D eigenvalue weighted by Crippen LogP contribution is -2.33. The number of hydrogen-bond donors (Lipinski definition) is 2. The van der Waals surface area contributed by atoms with Crippen molar-refractivity contribution in [3.63, 3.8) is 0 Å². The molecule has 3 N–H and O–H groups in total. The van der Waals surface area contributed by atoms with Crippen molar-refractivity contribution in [1.29, 1.82) is 0 Å². The maximum absolute atomic E-state index is 15.6. The number of methoxy groups -OCH3 is 1. The number of fused-ring (bicyclic) bond motifs is 1. The van der Waals surface area contributed by atoms with Gasteiger partial charge < -0.3 is 15.8 Å². The van der Waals surface area contributed by atoms with Crippen molar-refractivity contribution < 1.29 is 26.7 Å². The highest BCUT2D eigenvalue weighted by Crippen LogP contribution is 2.33. The maximum atomic E-state index is 15.6. The molecule has 188 valence electrons. The molecule has 2 heterocycles. The van der Waals surface area contributed by atoms with E-state index >= 15 is 4.39 Å². The number of amides is 1. The normalized spacial score (nSPS) is 11.4. The van der Waals surface area contributed by atoms with Gasteiger partial charge in [0.2, 0.25) is 10.0 Å². The summed E-state index contributed by atoms with van der Waals surface area (Å²) in [6.45, 7) is 1.19. The van der Waals surface area contributed by atoms with Gasteiger partial charge in [0, 0.05) is 5.38 Å². The first-order valence-electron chi connectivity index (χ1n) is 10.6. The molecule has 0 saturated carbocycles. The molecule has 4 aromatic rings. The predicted molar refractivity (Wildman–Crippen MR) is 135 cm³/mol. The average molecular weight is 534 g/mol. The molecule has 0 aliphatic heterocycles. The van der Waals surface area contributed by atoms with E-state index in [1.807, 2.05) is 0 Å². The van der Waals surface area contributed by atoms with Crippen LogP contribution >= 0.6 is 11.3 Å². The highest BCUT2D eigenvalue weighted by atomic mass is 32.2. The number of nitrogens with two attached hydrogens (primary N) is 1. The molecule has 0 bridgehead atoms. The number of aromatic nitrogens is 2. The maximum Gasteiger partial charge on any atom is 0.258 e. The average Bonchev–Trinajstić information content (AvgIpc) is 3.31. The first-order valence-corrected chi connectivity index (χ1v) is 13.1. The molecule has 0 unspecified atom stereocenters. The van der Waals surface area contributed by atoms with Crippen LogP contribution in [0.3, 0.4) is 0 Å². The molecule has 0 spiro atoms. The Morgan fingerprint density at radius 2 is 1.89 bits per heavy atom. The monoisotopic (exact) mass is 533 g/mol. The number of anilines is 3. The van der Waals surface area contributed by atoms with E-state index in [1.54, 1.807) is 24.3 Å². The second kappa shape index (κ2) is 10.0. The number of rotatable bonds is 8. The zero-order valence-corrected chi connectivity index (χ0v) is 20.8. The number of carbonyl (C=O) groups excluding carboxylic acids is 1. The van der Waals surface area contributed by atoms with Crippen LogP contribution in [0, 0.1) is 11.6 Å². The Kier molecular flexibility index (Phi) is 7.04. The standard InChI is InChI=1S/C23H21F2N5O4S2/c1-3-36(32,33)30(10-13-4-6-14(34-2)7-5-13)17-9-8-16(24)20(18(17)25)29-23(31)15-11-35-21-19(15)27-12-28-22(21)26/h4-9,11-12H,3,10H2,1-2H3,(H,29,31)(H2,26,27,28). The summed E-state index contributed by atoms with van der Waals surface area (Å²) in [7, 11) is -2.49. The highest BCUT2D eigenvalue weighted by Gasteiger charge is 2.28. The molecule has 13 heteroatoms. The van der Waals surface area contributed by atoms with Gasteiger partial charge in [0.15, 0.2) is 5.82 Å². The van der Waals surface area contributed by atoms with Crippen molar-refractivity contribution in [2.45, 2.75) is 13.5 Å². The van der Waals surface area contributed by atoms with Crippen LogP contribution < -0.4 is 20.1 Å². The number of hydrogen-bond acceptors (Lipinski definition) is 8. The minimum absolute atomic E-state index is 0.0459. The number of halogens is 2. The van der Waals surface area contributed by atoms with Gasteiger partial charge in [0.05, 0.1) is 40.9 Å². The van der Waals surface area contributed by atoms with Gasteiger partial charge in [-0.15, -0.1) is 11.3 Å². The molecule has 0 radical (unpaired) electrons. The Bertz CT molecular complexity index is 1540. The SMILES string of the molecule is CCS(=O)(=O)N(Cc1ccc(OC)cc1)c1ccc(F)c(NC(=O)c2csc3c(N)ncnc23)c1F. The van der Waals surface area contributed by atoms with E-state index in [2.05, 4.69) is 15.3 Å². The molecule has 9 nitrogen and oxygen atoms in total. The van der Waals surface area contributed by atoms with Gasteiger partial charge in [-0.05, 0) is 36.8 Å². The fourth-order valence-electron chi connectivity index (χ4n) is 3.45. The molecule has 0 aliphatic carbocycles. The summed E-state index contributed by atoms with van der Waals surface area (Å²) < 4.78 is 62.5. The molecule has 0 atom stereocenters. The number of thiophene rings is 1. The van der Waals surface area contributed by atoms with Crippen molar-refractivity contribution in [3.8, 4) is 5.75 Å². The van der Waals surface area contributed by atoms with Gasteiger partial charge in [0.25, 0.3) is 5.91 Å². The third-order valence-electron chi connectivity index (χ3n) is 5.39. The fraction of sp³-hybridized carbons (Fsp3) is 0.174. The second-order valence-corrected chi connectivity index (χ2v) is 10.6. The number of nitrogen functional groups attached to an aromatic ring is 1. The van der Waals surface area contributed by atoms with Crippen LogP contribution in [0.2, 0.25) is 0 Å². The summed E-state index contributed by atoms with van der Waals surface area (Å²) in [5.41, 5.74) is 5.42. The lowest BCUT2D eigenvalue weighted by atomic mass is 10.2. The van der Waals surface area contributed by atoms with Gasteiger partial charge in [0.1, 0.15) is 29.4 Å². The largest absolute Gasteiger partial charge is 0.497 e. The number of carbonyl (C=O) groups is 1. The molecule has 2 aromatic heterocycles. The van der Waals surface area contributed by atoms with Crippen molar-refractivity contribution >= 4 is 54.7 Å². The van der Waals surface area contributed by atoms with E-state index in [0.717, 1.165) is 27.8 Å². The molecule has 0 saturated heterocycles. The molecule has 4 rings (SSSR count). The summed E-state index contributed by atoms with van der Waals surface area (Å²) in [4.78, 5) is 20.8. The van der Waals surface area contributed by atoms with Gasteiger partial charge in [-0.3, -0.25) is 9.10 Å². The van der Waals surface area contributed by atoms with Crippen LogP contribution in [0.1, 0.15) is 22.8 Å². The number of nitrogens with zero attached hydrogens (tertiary/aromatic N) is 3. The van der Waals surface area contributed by atoms with Crippen molar-refractivity contribution in [2.75, 3.05) is 28.2 Å². The van der Waals surface area contributed by atoms with Crippen LogP contribution in [-0.2, 0) is 16.6 Å². The molecule has 2 aromatic carbocycles. The number of ether oxygens (including phenoxy) is 1. The van der Waals surface area contributed by atoms with E-state index in [1.165, 1.54) is 25.7 Å². The molecular formula is C23H21F2N5O4S2. The Morgan fingerprint density at radius 1 is 1.17 bits per heavy atom. The summed E-state index contributed by atoms with van der Waals surface area (Å²) in [6.07, 6.45) is 1.18. The third-order valence-corrected chi connectivity index (χ3v) is 8.11. The Balaban J connectivity index is 1.72. The first-order chi connectivity index (χ1) is 17.2. The predicted octanol–water partition coefficient (Wildman–Crippen LogP) is 4.17. The van der Waals surface area contributed by atoms with Gasteiger partial charge in [-0.25, -0.2) is 27.2 Å². The topological polar surface area (TPSA) is 128 Å². The molecular weight excluding hydrogens is 512 g/mol. The molecule has 0 fully saturated rings. The lowest BCUT2D eigenvalue weighted by Gasteiger charge is -2.25. The minimum atomic E-state index is -3.99. The van der Waals surface area contributed by atoms with E-state index < -0.39 is 38.9 Å². The Hall–Kier alpha value is -3.84. The lowest BCUT2D eigenvalue weighted by molar-refractivity contribution is 0.102. The van der Waals surface area contributed by atoms with Crippen LogP contribution in [-0.4, -0.2) is 37.2 Å². The summed E-state index contributed by atoms with van der Waals surface area (Å²) in [5.74, 6) is -2.74. The Morgan fingerprint density at radius 3 is 2.56 bits per heavy atom. The van der Waals surface area contributed by atoms with Crippen LogP contribution in [0.4, 0.5) is 26.0 Å². The summed E-state index contributed by atoms with van der Waals surface area (Å²) in [6, 6.07) is 8.46. The Labute approximate surface area is 209 Å². The highest BCUT2D eigenvalue weighted by molar-refractivity contribution is 7.92. The first kappa shape index (κ1) is 25.3. The quantitative estimate of drug-likeness (QED) is 0.348. The van der Waals surface area contributed by atoms with Crippen LogP contribution in [0.5, 0.6) is 5.75 Å². The molecule has 0 aliphatic rings. The summed E-state index contributed by atoms with van der Waals surface area (Å²) in [5, 5.41) is 3.66. The fourth-order valence-corrected chi connectivity index (χ4v) is 5.45. The number of nitrogens with one attached hydrogen (secondary N) is 1. The van der Waals surface area contributed by atoms with Crippen LogP contribution in [0.15, 0.2) is 48.1 Å². The van der Waals surface area contributed by atoms with Gasteiger partial charge in [-0.1, -0.05) is 12.1 Å². The van der Waals surface area contributed by atoms with Crippen LogP contribution in [0.25, 0.3) is 10.2 Å². The smallest absolute Gasteiger partial charge is 0.258 e. The van der Waals surface area contributed by atoms with E-state index in [0.29, 0.717) is 16.0 Å². The van der Waals surface area contributed by atoms with E-state index in [9.17, 15) is 17.6 Å². The van der Waals surface area contributed by atoms with Gasteiger partial charge >= 0.3 is 0 Å². The van der Waals surface area contributed by atoms with Gasteiger partial charge in [-0.2, -0.15) is 0 Å². The summed E-state index contributed by atoms with van der Waals surface area (Å²) >= 11 is 1.11. The van der Waals surface area contributed by atoms with Crippen molar-refractivity contribution in [3.05, 3.63) is 70.9 Å². The third kappa shape index (κ3) is 4.79. The van der Waals surface area contributed by atoms with Crippen molar-refractivity contribution in [1.82, 2.24) is 9.97 Å². The zero-order chi connectivity index (χ0) is 26.0. The number of sulfonamides is 1. The molecule has 36 heavy (non-hydrogen) atoms. The zero-order valence-electron chi connectivity index (χ0n) is 19.2. The second-order valence-electron chi connectivity index (χ2n) is 7.55. The minimum Gasteiger partial charge on any atom is -0.497 e. The van der Waals surface area contributed by atoms with E-state index in [4.69, 9.17) is 10.5 Å². The number of benzene rings is 2. The molecule has 1 amide bonds. The van der Waals surface area contributed by atoms with Crippen molar-refractivity contribution in [2.24, 2.45) is 0 Å². The van der Waals surface area contributed by atoms with E-state index in [-0.39, 0.29) is 29.2 Å².